The van der Waals surface area contributed by atoms with Gasteiger partial charge in [0.05, 0.1) is 5.75 Å². The topological polar surface area (TPSA) is 73.8 Å². The van der Waals surface area contributed by atoms with E-state index in [0.717, 1.165) is 18.9 Å². The van der Waals surface area contributed by atoms with Crippen LogP contribution in [0.4, 0.5) is 0 Å². The van der Waals surface area contributed by atoms with Gasteiger partial charge in [-0.1, -0.05) is 43.2 Å². The molecule has 0 bridgehead atoms. The molecule has 0 aliphatic heterocycles. The Bertz CT molecular complexity index is 698. The van der Waals surface area contributed by atoms with Crippen molar-refractivity contribution in [1.82, 2.24) is 14.9 Å². The average Bonchev–Trinajstić information content (AvgIpc) is 3.18. The molecule has 27 heavy (non-hydrogen) atoms. The number of nitrogens with one attached hydrogen (secondary N) is 2. The predicted molar refractivity (Wildman–Crippen MR) is 113 cm³/mol. The molecule has 0 radical (unpaired) electrons. The summed E-state index contributed by atoms with van der Waals surface area (Å²) in [5.74, 6) is 0.917. The first kappa shape index (κ1) is 21.7. The molecule has 1 aliphatic rings. The van der Waals surface area contributed by atoms with E-state index in [1.165, 1.54) is 35.6 Å². The number of nitrogens with zero attached hydrogens (tertiary/aromatic N) is 2. The summed E-state index contributed by atoms with van der Waals surface area (Å²) in [7, 11) is 0.300. The molecule has 1 fully saturated rings. The summed E-state index contributed by atoms with van der Waals surface area (Å²) < 4.78 is 25.0. The maximum atomic E-state index is 11.8. The minimum absolute atomic E-state index is 0.141. The van der Waals surface area contributed by atoms with E-state index in [9.17, 15) is 8.42 Å². The van der Waals surface area contributed by atoms with Gasteiger partial charge in [0.1, 0.15) is 0 Å². The van der Waals surface area contributed by atoms with Crippen LogP contribution < -0.4 is 10.6 Å². The molecule has 0 amide bonds. The van der Waals surface area contributed by atoms with Crippen LogP contribution in [0, 0.1) is 0 Å². The third-order valence-corrected chi connectivity index (χ3v) is 7.41. The molecule has 0 heterocycles. The van der Waals surface area contributed by atoms with E-state index in [4.69, 9.17) is 0 Å². The third-order valence-electron chi connectivity index (χ3n) is 5.55. The van der Waals surface area contributed by atoms with Crippen molar-refractivity contribution in [3.05, 3.63) is 35.9 Å². The zero-order valence-corrected chi connectivity index (χ0v) is 17.7. The smallest absolute Gasteiger partial charge is 0.213 e. The highest BCUT2D eigenvalue weighted by atomic mass is 32.2. The van der Waals surface area contributed by atoms with Crippen LogP contribution in [-0.4, -0.2) is 58.2 Å². The second-order valence-electron chi connectivity index (χ2n) is 7.28. The number of aliphatic imine (C=N–C) groups is 1. The summed E-state index contributed by atoms with van der Waals surface area (Å²) in [6.45, 7) is 3.72. The fraction of sp³-hybridized carbons (Fsp3) is 0.650. The molecule has 1 saturated carbocycles. The Balaban J connectivity index is 1.83. The van der Waals surface area contributed by atoms with Gasteiger partial charge in [-0.2, -0.15) is 0 Å². The van der Waals surface area contributed by atoms with E-state index in [0.29, 0.717) is 13.1 Å². The first-order chi connectivity index (χ1) is 12.9. The van der Waals surface area contributed by atoms with E-state index in [1.54, 1.807) is 21.0 Å². The van der Waals surface area contributed by atoms with Crippen LogP contribution in [0.1, 0.15) is 44.6 Å². The van der Waals surface area contributed by atoms with Gasteiger partial charge < -0.3 is 10.6 Å². The Morgan fingerprint density at radius 1 is 1.19 bits per heavy atom. The summed E-state index contributed by atoms with van der Waals surface area (Å²) in [5, 5.41) is 6.79. The first-order valence-electron chi connectivity index (χ1n) is 9.87. The highest BCUT2D eigenvalue weighted by Crippen LogP contribution is 2.40. The monoisotopic (exact) mass is 394 g/mol. The molecule has 0 unspecified atom stereocenters. The minimum atomic E-state index is -3.10. The van der Waals surface area contributed by atoms with Gasteiger partial charge in [-0.15, -0.1) is 0 Å². The van der Waals surface area contributed by atoms with Crippen LogP contribution in [0.2, 0.25) is 0 Å². The van der Waals surface area contributed by atoms with E-state index >= 15 is 0 Å². The molecule has 2 N–H and O–H groups in total. The van der Waals surface area contributed by atoms with Gasteiger partial charge in [0, 0.05) is 39.1 Å². The Kier molecular flexibility index (Phi) is 8.10. The van der Waals surface area contributed by atoms with Crippen LogP contribution in [0.15, 0.2) is 35.3 Å². The van der Waals surface area contributed by atoms with Crippen LogP contribution in [0.5, 0.6) is 0 Å². The van der Waals surface area contributed by atoms with Crippen molar-refractivity contribution in [3.8, 4) is 0 Å². The fourth-order valence-electron chi connectivity index (χ4n) is 3.75. The number of sulfonamides is 1. The molecule has 2 rings (SSSR count). The Labute approximate surface area is 164 Å². The van der Waals surface area contributed by atoms with Crippen LogP contribution in [0.25, 0.3) is 0 Å². The lowest BCUT2D eigenvalue weighted by Gasteiger charge is -2.31. The summed E-state index contributed by atoms with van der Waals surface area (Å²) in [4.78, 5) is 4.32. The summed E-state index contributed by atoms with van der Waals surface area (Å²) in [6, 6.07) is 10.8. The number of hydrogen-bond donors (Lipinski definition) is 2. The molecule has 1 aliphatic carbocycles. The molecular formula is C20H34N4O2S. The lowest BCUT2D eigenvalue weighted by molar-refractivity contribution is 0.430. The second-order valence-corrected chi connectivity index (χ2v) is 9.65. The van der Waals surface area contributed by atoms with Crippen LogP contribution in [-0.2, 0) is 15.4 Å². The number of hydrogen-bond acceptors (Lipinski definition) is 3. The normalized spacial score (nSPS) is 17.3. The summed E-state index contributed by atoms with van der Waals surface area (Å²) in [5.41, 5.74) is 1.57. The SMILES string of the molecule is CCS(=O)(=O)N(C)CCCNC(=NC)NCC1(c2ccccc2)CCCC1. The fourth-order valence-corrected chi connectivity index (χ4v) is 4.60. The van der Waals surface area contributed by atoms with Crippen molar-refractivity contribution in [1.29, 1.82) is 0 Å². The van der Waals surface area contributed by atoms with Crippen molar-refractivity contribution in [2.45, 2.75) is 44.4 Å². The van der Waals surface area contributed by atoms with Crippen molar-refractivity contribution < 1.29 is 8.42 Å². The Hall–Kier alpha value is -1.60. The van der Waals surface area contributed by atoms with Gasteiger partial charge in [0.2, 0.25) is 10.0 Å². The zero-order chi connectivity index (χ0) is 19.8. The van der Waals surface area contributed by atoms with Gasteiger partial charge in [0.25, 0.3) is 0 Å². The van der Waals surface area contributed by atoms with E-state index in [-0.39, 0.29) is 11.2 Å². The Morgan fingerprint density at radius 3 is 2.44 bits per heavy atom. The maximum Gasteiger partial charge on any atom is 0.213 e. The lowest BCUT2D eigenvalue weighted by Crippen LogP contribution is -2.45. The van der Waals surface area contributed by atoms with Crippen LogP contribution >= 0.6 is 0 Å². The summed E-state index contributed by atoms with van der Waals surface area (Å²) >= 11 is 0. The quantitative estimate of drug-likeness (QED) is 0.383. The highest BCUT2D eigenvalue weighted by Gasteiger charge is 2.35. The van der Waals surface area contributed by atoms with E-state index < -0.39 is 10.0 Å². The van der Waals surface area contributed by atoms with Crippen molar-refractivity contribution in [2.24, 2.45) is 4.99 Å². The molecular weight excluding hydrogens is 360 g/mol. The molecule has 7 heteroatoms. The number of rotatable bonds is 9. The molecule has 6 nitrogen and oxygen atoms in total. The molecule has 0 saturated heterocycles. The van der Waals surface area contributed by atoms with Gasteiger partial charge in [0.15, 0.2) is 5.96 Å². The zero-order valence-electron chi connectivity index (χ0n) is 16.9. The predicted octanol–water partition coefficient (Wildman–Crippen LogP) is 2.34. The molecule has 0 spiro atoms. The largest absolute Gasteiger partial charge is 0.356 e. The molecule has 1 aromatic rings. The number of guanidine groups is 1. The van der Waals surface area contributed by atoms with Gasteiger partial charge >= 0.3 is 0 Å². The van der Waals surface area contributed by atoms with Crippen molar-refractivity contribution in [3.63, 3.8) is 0 Å². The maximum absolute atomic E-state index is 11.8. The standard InChI is InChI=1S/C20H34N4O2S/c1-4-27(25,26)24(3)16-10-15-22-19(21-2)23-17-20(13-8-9-14-20)18-11-6-5-7-12-18/h5-7,11-12H,4,8-10,13-17H2,1-3H3,(H2,21,22,23). The van der Waals surface area contributed by atoms with Crippen LogP contribution in [0.3, 0.4) is 0 Å². The first-order valence-corrected chi connectivity index (χ1v) is 11.5. The third kappa shape index (κ3) is 5.94. The molecule has 0 aromatic heterocycles. The lowest BCUT2D eigenvalue weighted by atomic mass is 9.79. The highest BCUT2D eigenvalue weighted by molar-refractivity contribution is 7.89. The Morgan fingerprint density at radius 2 is 1.85 bits per heavy atom. The van der Waals surface area contributed by atoms with Crippen molar-refractivity contribution >= 4 is 16.0 Å². The molecule has 0 atom stereocenters. The second kappa shape index (κ2) is 10.1. The van der Waals surface area contributed by atoms with Crippen molar-refractivity contribution in [2.75, 3.05) is 39.5 Å². The molecule has 1 aromatic carbocycles. The molecule has 152 valence electrons. The summed E-state index contributed by atoms with van der Waals surface area (Å²) in [6.07, 6.45) is 5.66. The number of benzene rings is 1. The van der Waals surface area contributed by atoms with Gasteiger partial charge in [-0.25, -0.2) is 12.7 Å². The average molecular weight is 395 g/mol. The van der Waals surface area contributed by atoms with Gasteiger partial charge in [-0.05, 0) is 31.7 Å². The van der Waals surface area contributed by atoms with E-state index in [1.807, 2.05) is 0 Å². The minimum Gasteiger partial charge on any atom is -0.356 e. The van der Waals surface area contributed by atoms with E-state index in [2.05, 4.69) is 46.0 Å². The van der Waals surface area contributed by atoms with Gasteiger partial charge in [-0.3, -0.25) is 4.99 Å².